The maximum absolute atomic E-state index is 12.7. The Hall–Kier alpha value is -1.87. The summed E-state index contributed by atoms with van der Waals surface area (Å²) in [6.45, 7) is 2.01. The van der Waals surface area contributed by atoms with Crippen molar-refractivity contribution in [3.8, 4) is 11.1 Å². The van der Waals surface area contributed by atoms with Crippen molar-refractivity contribution in [3.05, 3.63) is 48.3 Å². The number of aryl methyl sites for hydroxylation is 1. The minimum Gasteiger partial charge on any atom is -0.357 e. The lowest BCUT2D eigenvalue weighted by Crippen LogP contribution is -2.48. The molecule has 2 aromatic rings. The van der Waals surface area contributed by atoms with E-state index in [0.29, 0.717) is 30.2 Å². The Labute approximate surface area is 150 Å². The quantitative estimate of drug-likeness (QED) is 0.834. The first-order chi connectivity index (χ1) is 12.1. The fraction of sp³-hybridized carbons (Fsp3) is 0.500. The van der Waals surface area contributed by atoms with Crippen LogP contribution in [0.2, 0.25) is 0 Å². The number of rotatable bonds is 4. The summed E-state index contributed by atoms with van der Waals surface area (Å²) < 4.78 is 2.08. The van der Waals surface area contributed by atoms with Gasteiger partial charge >= 0.3 is 0 Å². The lowest BCUT2D eigenvalue weighted by molar-refractivity contribution is -0.126. The molecule has 4 atom stereocenters. The molecule has 3 heteroatoms. The van der Waals surface area contributed by atoms with Crippen LogP contribution in [0.3, 0.4) is 0 Å². The molecule has 4 rings (SSSR count). The SMILES string of the molecule is CCC(=O)C1C(c2ccc(-c3ccn(C)c3)cc2)CC2CCC1N2C. The fourth-order valence-electron chi connectivity index (χ4n) is 5.08. The number of aromatic nitrogens is 1. The zero-order chi connectivity index (χ0) is 17.6. The van der Waals surface area contributed by atoms with Crippen LogP contribution < -0.4 is 0 Å². The van der Waals surface area contributed by atoms with Crippen molar-refractivity contribution >= 4 is 5.78 Å². The van der Waals surface area contributed by atoms with Gasteiger partial charge in [-0.15, -0.1) is 0 Å². The summed E-state index contributed by atoms with van der Waals surface area (Å²) in [6.07, 6.45) is 8.41. The third-order valence-corrected chi connectivity index (χ3v) is 6.49. The molecule has 2 aliphatic heterocycles. The van der Waals surface area contributed by atoms with Crippen LogP contribution in [0.25, 0.3) is 11.1 Å². The second kappa shape index (κ2) is 6.45. The van der Waals surface area contributed by atoms with E-state index in [-0.39, 0.29) is 5.92 Å². The summed E-state index contributed by atoms with van der Waals surface area (Å²) in [5.41, 5.74) is 3.84. The van der Waals surface area contributed by atoms with Crippen molar-refractivity contribution in [3.63, 3.8) is 0 Å². The lowest BCUT2D eigenvalue weighted by Gasteiger charge is -2.42. The smallest absolute Gasteiger partial charge is 0.137 e. The van der Waals surface area contributed by atoms with Gasteiger partial charge in [-0.1, -0.05) is 31.2 Å². The van der Waals surface area contributed by atoms with Gasteiger partial charge < -0.3 is 4.57 Å². The van der Waals surface area contributed by atoms with Crippen LogP contribution in [-0.4, -0.2) is 34.4 Å². The number of hydrogen-bond acceptors (Lipinski definition) is 2. The lowest BCUT2D eigenvalue weighted by atomic mass is 9.73. The average Bonchev–Trinajstić information content (AvgIpc) is 3.14. The fourth-order valence-corrected chi connectivity index (χ4v) is 5.08. The van der Waals surface area contributed by atoms with Gasteiger partial charge in [0.05, 0.1) is 0 Å². The average molecular weight is 336 g/mol. The normalized spacial score (nSPS) is 29.1. The standard InChI is InChI=1S/C22H28N2O/c1-4-21(25)22-19(13-18-9-10-20(22)24(18)3)16-7-5-15(6-8-16)17-11-12-23(2)14-17/h5-8,11-12,14,18-20,22H,4,9-10,13H2,1-3H3. The molecule has 4 unspecified atom stereocenters. The molecule has 2 fully saturated rings. The molecule has 0 amide bonds. The first-order valence-electron chi connectivity index (χ1n) is 9.55. The molecule has 1 aromatic carbocycles. The highest BCUT2D eigenvalue weighted by atomic mass is 16.1. The first-order valence-corrected chi connectivity index (χ1v) is 9.55. The van der Waals surface area contributed by atoms with E-state index >= 15 is 0 Å². The van der Waals surface area contributed by atoms with Gasteiger partial charge in [-0.05, 0) is 55.0 Å². The molecule has 132 valence electrons. The first kappa shape index (κ1) is 16.6. The molecule has 1 aromatic heterocycles. The summed E-state index contributed by atoms with van der Waals surface area (Å²) in [7, 11) is 4.26. The minimum absolute atomic E-state index is 0.163. The second-order valence-corrected chi connectivity index (χ2v) is 7.84. The number of carbonyl (C=O) groups is 1. The van der Waals surface area contributed by atoms with Gasteiger partial charge in [-0.3, -0.25) is 9.69 Å². The number of piperidine rings is 1. The van der Waals surface area contributed by atoms with Crippen molar-refractivity contribution in [2.75, 3.05) is 7.05 Å². The molecule has 3 heterocycles. The van der Waals surface area contributed by atoms with Gasteiger partial charge in [0.2, 0.25) is 0 Å². The highest BCUT2D eigenvalue weighted by Crippen LogP contribution is 2.47. The Kier molecular flexibility index (Phi) is 4.28. The third-order valence-electron chi connectivity index (χ3n) is 6.49. The van der Waals surface area contributed by atoms with Crippen molar-refractivity contribution in [1.29, 1.82) is 0 Å². The van der Waals surface area contributed by atoms with Crippen LogP contribution in [0, 0.1) is 5.92 Å². The van der Waals surface area contributed by atoms with Crippen LogP contribution in [0.1, 0.15) is 44.1 Å². The van der Waals surface area contributed by atoms with Gasteiger partial charge in [0, 0.05) is 43.9 Å². The van der Waals surface area contributed by atoms with E-state index in [9.17, 15) is 4.79 Å². The Morgan fingerprint density at radius 3 is 2.48 bits per heavy atom. The molecule has 25 heavy (non-hydrogen) atoms. The van der Waals surface area contributed by atoms with E-state index in [1.165, 1.54) is 29.5 Å². The van der Waals surface area contributed by atoms with Crippen LogP contribution in [-0.2, 0) is 11.8 Å². The zero-order valence-electron chi connectivity index (χ0n) is 15.5. The van der Waals surface area contributed by atoms with E-state index in [1.54, 1.807) is 0 Å². The van der Waals surface area contributed by atoms with Crippen LogP contribution in [0.5, 0.6) is 0 Å². The number of nitrogens with zero attached hydrogens (tertiary/aromatic N) is 2. The number of benzene rings is 1. The number of ketones is 1. The van der Waals surface area contributed by atoms with Gasteiger partial charge in [-0.25, -0.2) is 0 Å². The van der Waals surface area contributed by atoms with E-state index in [0.717, 1.165) is 6.42 Å². The molecule has 0 aliphatic carbocycles. The molecule has 2 bridgehead atoms. The van der Waals surface area contributed by atoms with Crippen molar-refractivity contribution in [2.24, 2.45) is 13.0 Å². The summed E-state index contributed by atoms with van der Waals surface area (Å²) in [6, 6.07) is 12.2. The molecule has 3 nitrogen and oxygen atoms in total. The minimum atomic E-state index is 0.163. The Balaban J connectivity index is 1.64. The zero-order valence-corrected chi connectivity index (χ0v) is 15.5. The van der Waals surface area contributed by atoms with Gasteiger partial charge in [-0.2, -0.15) is 0 Å². The van der Waals surface area contributed by atoms with Crippen LogP contribution in [0.15, 0.2) is 42.7 Å². The summed E-state index contributed by atoms with van der Waals surface area (Å²) in [5.74, 6) is 0.983. The van der Waals surface area contributed by atoms with Crippen molar-refractivity contribution in [2.45, 2.75) is 50.6 Å². The topological polar surface area (TPSA) is 25.2 Å². The molecule has 0 N–H and O–H groups in total. The summed E-state index contributed by atoms with van der Waals surface area (Å²) >= 11 is 0. The maximum atomic E-state index is 12.7. The number of fused-ring (bicyclic) bond motifs is 2. The Morgan fingerprint density at radius 2 is 1.84 bits per heavy atom. The van der Waals surface area contributed by atoms with E-state index < -0.39 is 0 Å². The summed E-state index contributed by atoms with van der Waals surface area (Å²) in [5, 5.41) is 0. The molecule has 2 saturated heterocycles. The van der Waals surface area contributed by atoms with Crippen LogP contribution >= 0.6 is 0 Å². The molecular formula is C22H28N2O. The Bertz CT molecular complexity index is 761. The summed E-state index contributed by atoms with van der Waals surface area (Å²) in [4.78, 5) is 15.2. The van der Waals surface area contributed by atoms with Gasteiger partial charge in [0.25, 0.3) is 0 Å². The number of carbonyl (C=O) groups excluding carboxylic acids is 1. The predicted molar refractivity (Wildman–Crippen MR) is 102 cm³/mol. The van der Waals surface area contributed by atoms with E-state index in [4.69, 9.17) is 0 Å². The monoisotopic (exact) mass is 336 g/mol. The largest absolute Gasteiger partial charge is 0.357 e. The van der Waals surface area contributed by atoms with Crippen molar-refractivity contribution in [1.82, 2.24) is 9.47 Å². The van der Waals surface area contributed by atoms with Gasteiger partial charge in [0.15, 0.2) is 0 Å². The molecular weight excluding hydrogens is 308 g/mol. The van der Waals surface area contributed by atoms with E-state index in [1.807, 2.05) is 14.0 Å². The third kappa shape index (κ3) is 2.85. The van der Waals surface area contributed by atoms with Crippen LogP contribution in [0.4, 0.5) is 0 Å². The Morgan fingerprint density at radius 1 is 1.08 bits per heavy atom. The van der Waals surface area contributed by atoms with Crippen molar-refractivity contribution < 1.29 is 4.79 Å². The molecule has 0 spiro atoms. The van der Waals surface area contributed by atoms with Gasteiger partial charge in [0.1, 0.15) is 5.78 Å². The van der Waals surface area contributed by atoms with E-state index in [2.05, 4.69) is 59.2 Å². The number of hydrogen-bond donors (Lipinski definition) is 0. The maximum Gasteiger partial charge on any atom is 0.137 e. The molecule has 2 aliphatic rings. The predicted octanol–water partition coefficient (Wildman–Crippen LogP) is 4.24. The number of Topliss-reactive ketones (excluding diaryl/α,β-unsaturated/α-hetero) is 1. The second-order valence-electron chi connectivity index (χ2n) is 7.84. The highest BCUT2D eigenvalue weighted by Gasteiger charge is 2.48. The highest BCUT2D eigenvalue weighted by molar-refractivity contribution is 5.83. The molecule has 0 radical (unpaired) electrons. The molecule has 0 saturated carbocycles.